The lowest BCUT2D eigenvalue weighted by Crippen LogP contribution is -2.34. The molecule has 0 radical (unpaired) electrons. The van der Waals surface area contributed by atoms with Crippen molar-refractivity contribution in [1.82, 2.24) is 4.90 Å². The van der Waals surface area contributed by atoms with Gasteiger partial charge in [0.2, 0.25) is 5.91 Å². The number of aliphatic carboxylic acids is 1. The van der Waals surface area contributed by atoms with Gasteiger partial charge in [-0.05, 0) is 32.1 Å². The Kier molecular flexibility index (Phi) is 4.48. The molecule has 1 aliphatic heterocycles. The van der Waals surface area contributed by atoms with Crippen LogP contribution in [0.3, 0.4) is 0 Å². The van der Waals surface area contributed by atoms with Crippen LogP contribution in [0.5, 0.6) is 0 Å². The maximum absolute atomic E-state index is 12.1. The average Bonchev–Trinajstić information content (AvgIpc) is 2.99. The lowest BCUT2D eigenvalue weighted by molar-refractivity contribution is -0.147. The molecule has 2 aliphatic rings. The molecule has 1 saturated carbocycles. The van der Waals surface area contributed by atoms with Crippen molar-refractivity contribution in [2.45, 2.75) is 58.3 Å². The molecule has 0 spiro atoms. The van der Waals surface area contributed by atoms with Crippen LogP contribution in [0.15, 0.2) is 0 Å². The fourth-order valence-electron chi connectivity index (χ4n) is 3.35. The van der Waals surface area contributed by atoms with E-state index in [1.54, 1.807) is 11.8 Å². The Hall–Kier alpha value is -1.06. The summed E-state index contributed by atoms with van der Waals surface area (Å²) < 4.78 is 0. The third-order valence-corrected chi connectivity index (χ3v) is 4.82. The van der Waals surface area contributed by atoms with Crippen LogP contribution in [0.4, 0.5) is 0 Å². The van der Waals surface area contributed by atoms with Crippen LogP contribution in [0.25, 0.3) is 0 Å². The summed E-state index contributed by atoms with van der Waals surface area (Å²) in [5, 5.41) is 9.15. The van der Waals surface area contributed by atoms with E-state index in [0.29, 0.717) is 25.9 Å². The predicted molar refractivity (Wildman–Crippen MR) is 72.7 cm³/mol. The summed E-state index contributed by atoms with van der Waals surface area (Å²) in [4.78, 5) is 24.9. The van der Waals surface area contributed by atoms with E-state index in [0.717, 1.165) is 18.8 Å². The number of carboxylic acid groups (broad SMARTS) is 1. The van der Waals surface area contributed by atoms with Crippen molar-refractivity contribution in [2.24, 2.45) is 11.3 Å². The Bertz CT molecular complexity index is 349. The van der Waals surface area contributed by atoms with Crippen molar-refractivity contribution < 1.29 is 14.7 Å². The minimum atomic E-state index is -0.784. The number of likely N-dealkylation sites (tertiary alicyclic amines) is 1. The number of hydrogen-bond donors (Lipinski definition) is 1. The van der Waals surface area contributed by atoms with Gasteiger partial charge in [-0.2, -0.15) is 0 Å². The molecular formula is C15H25NO3. The SMILES string of the molecule is CC1(C(=O)O)CCN(C(=O)CCCC2CCCC2)C1. The first-order valence-corrected chi connectivity index (χ1v) is 7.52. The molecule has 1 atom stereocenters. The molecule has 0 aromatic rings. The molecule has 4 nitrogen and oxygen atoms in total. The maximum atomic E-state index is 12.1. The summed E-state index contributed by atoms with van der Waals surface area (Å²) in [5.41, 5.74) is -0.735. The molecule has 0 aromatic heterocycles. The predicted octanol–water partition coefficient (Wildman–Crippen LogP) is 2.67. The number of nitrogens with zero attached hydrogens (tertiary/aromatic N) is 1. The van der Waals surface area contributed by atoms with Gasteiger partial charge in [0.1, 0.15) is 0 Å². The molecule has 0 bridgehead atoms. The normalized spacial score (nSPS) is 27.9. The van der Waals surface area contributed by atoms with Gasteiger partial charge in [0.25, 0.3) is 0 Å². The van der Waals surface area contributed by atoms with Crippen LogP contribution in [-0.2, 0) is 9.59 Å². The van der Waals surface area contributed by atoms with Crippen molar-refractivity contribution in [1.29, 1.82) is 0 Å². The molecule has 2 fully saturated rings. The zero-order valence-corrected chi connectivity index (χ0v) is 11.9. The van der Waals surface area contributed by atoms with Crippen molar-refractivity contribution in [2.75, 3.05) is 13.1 Å². The lowest BCUT2D eigenvalue weighted by Gasteiger charge is -2.20. The standard InChI is InChI=1S/C15H25NO3/c1-15(14(18)19)9-10-16(11-15)13(17)8-4-7-12-5-2-3-6-12/h12H,2-11H2,1H3,(H,18,19). The first kappa shape index (κ1) is 14.4. The minimum Gasteiger partial charge on any atom is -0.481 e. The fourth-order valence-corrected chi connectivity index (χ4v) is 3.35. The third-order valence-electron chi connectivity index (χ3n) is 4.82. The smallest absolute Gasteiger partial charge is 0.311 e. The summed E-state index contributed by atoms with van der Waals surface area (Å²) >= 11 is 0. The number of carbonyl (C=O) groups is 2. The summed E-state index contributed by atoms with van der Waals surface area (Å²) in [6.07, 6.45) is 8.65. The molecule has 1 aliphatic carbocycles. The Balaban J connectivity index is 1.70. The van der Waals surface area contributed by atoms with Crippen LogP contribution >= 0.6 is 0 Å². The van der Waals surface area contributed by atoms with Crippen LogP contribution in [0, 0.1) is 11.3 Å². The summed E-state index contributed by atoms with van der Waals surface area (Å²) in [6, 6.07) is 0. The second-order valence-electron chi connectivity index (χ2n) is 6.47. The van der Waals surface area contributed by atoms with Crippen molar-refractivity contribution in [3.05, 3.63) is 0 Å². The zero-order valence-electron chi connectivity index (χ0n) is 11.9. The molecule has 1 N–H and O–H groups in total. The summed E-state index contributed by atoms with van der Waals surface area (Å²) in [5.74, 6) is 0.187. The van der Waals surface area contributed by atoms with Gasteiger partial charge >= 0.3 is 5.97 Å². The largest absolute Gasteiger partial charge is 0.481 e. The molecule has 4 heteroatoms. The topological polar surface area (TPSA) is 57.6 Å². The van der Waals surface area contributed by atoms with E-state index < -0.39 is 11.4 Å². The Morgan fingerprint density at radius 3 is 2.58 bits per heavy atom. The van der Waals surface area contributed by atoms with Gasteiger partial charge in [-0.3, -0.25) is 9.59 Å². The van der Waals surface area contributed by atoms with Crippen LogP contribution < -0.4 is 0 Å². The van der Waals surface area contributed by atoms with Crippen molar-refractivity contribution in [3.63, 3.8) is 0 Å². The molecule has 19 heavy (non-hydrogen) atoms. The van der Waals surface area contributed by atoms with Crippen LogP contribution in [-0.4, -0.2) is 35.0 Å². The Labute approximate surface area is 115 Å². The number of carboxylic acids is 1. The maximum Gasteiger partial charge on any atom is 0.311 e. The van der Waals surface area contributed by atoms with E-state index in [2.05, 4.69) is 0 Å². The molecule has 1 saturated heterocycles. The van der Waals surface area contributed by atoms with Crippen molar-refractivity contribution in [3.8, 4) is 0 Å². The van der Waals surface area contributed by atoms with Gasteiger partial charge in [0.05, 0.1) is 5.41 Å². The van der Waals surface area contributed by atoms with Gasteiger partial charge in [-0.25, -0.2) is 0 Å². The van der Waals surface area contributed by atoms with E-state index in [9.17, 15) is 9.59 Å². The third kappa shape index (κ3) is 3.48. The first-order valence-electron chi connectivity index (χ1n) is 7.52. The van der Waals surface area contributed by atoms with E-state index in [4.69, 9.17) is 5.11 Å². The molecule has 108 valence electrons. The van der Waals surface area contributed by atoms with Crippen LogP contribution in [0.1, 0.15) is 58.3 Å². The van der Waals surface area contributed by atoms with E-state index >= 15 is 0 Å². The number of rotatable bonds is 5. The lowest BCUT2D eigenvalue weighted by atomic mass is 9.90. The molecule has 1 amide bonds. The Morgan fingerprint density at radius 2 is 2.00 bits per heavy atom. The highest BCUT2D eigenvalue weighted by atomic mass is 16.4. The average molecular weight is 267 g/mol. The molecule has 0 aromatic carbocycles. The van der Waals surface area contributed by atoms with Crippen LogP contribution in [0.2, 0.25) is 0 Å². The van der Waals surface area contributed by atoms with E-state index in [1.807, 2.05) is 0 Å². The molecule has 1 heterocycles. The quantitative estimate of drug-likeness (QED) is 0.833. The number of hydrogen-bond acceptors (Lipinski definition) is 2. The fraction of sp³-hybridized carbons (Fsp3) is 0.867. The second kappa shape index (κ2) is 5.93. The van der Waals surface area contributed by atoms with Gasteiger partial charge in [-0.1, -0.05) is 25.7 Å². The highest BCUT2D eigenvalue weighted by Crippen LogP contribution is 2.32. The first-order chi connectivity index (χ1) is 9.01. The summed E-state index contributed by atoms with van der Waals surface area (Å²) in [6.45, 7) is 2.72. The van der Waals surface area contributed by atoms with Crippen molar-refractivity contribution >= 4 is 11.9 Å². The van der Waals surface area contributed by atoms with E-state index in [1.165, 1.54) is 25.7 Å². The minimum absolute atomic E-state index is 0.142. The Morgan fingerprint density at radius 1 is 1.32 bits per heavy atom. The molecular weight excluding hydrogens is 242 g/mol. The number of amides is 1. The summed E-state index contributed by atoms with van der Waals surface area (Å²) in [7, 11) is 0. The number of carbonyl (C=O) groups excluding carboxylic acids is 1. The zero-order chi connectivity index (χ0) is 13.9. The van der Waals surface area contributed by atoms with Gasteiger partial charge in [0, 0.05) is 19.5 Å². The molecule has 2 rings (SSSR count). The second-order valence-corrected chi connectivity index (χ2v) is 6.47. The van der Waals surface area contributed by atoms with Gasteiger partial charge in [-0.15, -0.1) is 0 Å². The van der Waals surface area contributed by atoms with Gasteiger partial charge in [0.15, 0.2) is 0 Å². The highest BCUT2D eigenvalue weighted by molar-refractivity contribution is 5.80. The van der Waals surface area contributed by atoms with E-state index in [-0.39, 0.29) is 5.91 Å². The molecule has 1 unspecified atom stereocenters. The highest BCUT2D eigenvalue weighted by Gasteiger charge is 2.41. The van der Waals surface area contributed by atoms with Gasteiger partial charge < -0.3 is 10.0 Å². The monoisotopic (exact) mass is 267 g/mol.